The van der Waals surface area contributed by atoms with Crippen LogP contribution in [-0.2, 0) is 9.59 Å². The number of carbonyl (C=O) groups excluding carboxylic acids is 2. The van der Waals surface area contributed by atoms with Gasteiger partial charge < -0.3 is 15.0 Å². The number of benzene rings is 1. The van der Waals surface area contributed by atoms with Gasteiger partial charge in [0.05, 0.1) is 13.2 Å². The van der Waals surface area contributed by atoms with Gasteiger partial charge in [0.2, 0.25) is 11.8 Å². The van der Waals surface area contributed by atoms with Crippen molar-refractivity contribution in [2.24, 2.45) is 0 Å². The summed E-state index contributed by atoms with van der Waals surface area (Å²) < 4.78 is 5.67. The lowest BCUT2D eigenvalue weighted by atomic mass is 9.92. The van der Waals surface area contributed by atoms with E-state index in [4.69, 9.17) is 4.74 Å². The highest BCUT2D eigenvalue weighted by molar-refractivity contribution is 5.87. The first-order valence-electron chi connectivity index (χ1n) is 7.43. The van der Waals surface area contributed by atoms with Crippen molar-refractivity contribution >= 4 is 11.8 Å². The van der Waals surface area contributed by atoms with Gasteiger partial charge in [-0.25, -0.2) is 0 Å². The third-order valence-corrected chi connectivity index (χ3v) is 4.27. The Morgan fingerprint density at radius 2 is 2.14 bits per heavy atom. The quantitative estimate of drug-likeness (QED) is 0.892. The van der Waals surface area contributed by atoms with E-state index >= 15 is 0 Å². The standard InChI is InChI=1S/C16H20N2O3/c1-11-8-15(19)17-9-16(20)18(11)10-12-6-7-21-14-5-3-2-4-13(12)14/h2-5,11-12H,6-10H2,1H3,(H,17,19). The number of ether oxygens (including phenoxy) is 1. The molecule has 0 aliphatic carbocycles. The van der Waals surface area contributed by atoms with E-state index in [1.807, 2.05) is 30.0 Å². The summed E-state index contributed by atoms with van der Waals surface area (Å²) in [6.45, 7) is 3.37. The van der Waals surface area contributed by atoms with Gasteiger partial charge in [-0.15, -0.1) is 0 Å². The first kappa shape index (κ1) is 13.9. The number of fused-ring (bicyclic) bond motifs is 1. The summed E-state index contributed by atoms with van der Waals surface area (Å²) in [6.07, 6.45) is 1.27. The maximum atomic E-state index is 12.2. The number of nitrogens with one attached hydrogen (secondary N) is 1. The maximum Gasteiger partial charge on any atom is 0.242 e. The van der Waals surface area contributed by atoms with Gasteiger partial charge in [-0.05, 0) is 25.0 Å². The van der Waals surface area contributed by atoms with Crippen LogP contribution in [0.2, 0.25) is 0 Å². The Morgan fingerprint density at radius 3 is 3.00 bits per heavy atom. The molecule has 2 atom stereocenters. The van der Waals surface area contributed by atoms with Crippen LogP contribution in [0.5, 0.6) is 5.75 Å². The third-order valence-electron chi connectivity index (χ3n) is 4.27. The molecule has 5 heteroatoms. The van der Waals surface area contributed by atoms with Crippen LogP contribution in [0, 0.1) is 0 Å². The Bertz CT molecular complexity index is 558. The molecule has 2 unspecified atom stereocenters. The van der Waals surface area contributed by atoms with Crippen molar-refractivity contribution in [2.45, 2.75) is 31.7 Å². The van der Waals surface area contributed by atoms with E-state index in [1.54, 1.807) is 0 Å². The molecule has 1 fully saturated rings. The van der Waals surface area contributed by atoms with Crippen LogP contribution >= 0.6 is 0 Å². The molecule has 1 N–H and O–H groups in total. The minimum atomic E-state index is -0.0602. The zero-order valence-corrected chi connectivity index (χ0v) is 12.2. The SMILES string of the molecule is CC1CC(=O)NCC(=O)N1CC1CCOc2ccccc21. The number of hydrogen-bond donors (Lipinski definition) is 1. The number of hydrogen-bond acceptors (Lipinski definition) is 3. The highest BCUT2D eigenvalue weighted by atomic mass is 16.5. The molecule has 2 heterocycles. The molecule has 0 aromatic heterocycles. The first-order valence-corrected chi connectivity index (χ1v) is 7.43. The average Bonchev–Trinajstić information content (AvgIpc) is 2.60. The average molecular weight is 288 g/mol. The molecule has 0 saturated carbocycles. The number of para-hydroxylation sites is 1. The number of nitrogens with zero attached hydrogens (tertiary/aromatic N) is 1. The van der Waals surface area contributed by atoms with E-state index in [1.165, 1.54) is 0 Å². The predicted octanol–water partition coefficient (Wildman–Crippen LogP) is 1.29. The summed E-state index contributed by atoms with van der Waals surface area (Å²) in [4.78, 5) is 25.6. The van der Waals surface area contributed by atoms with E-state index in [-0.39, 0.29) is 30.3 Å². The lowest BCUT2D eigenvalue weighted by Crippen LogP contribution is -2.42. The number of rotatable bonds is 2. The first-order chi connectivity index (χ1) is 10.1. The Morgan fingerprint density at radius 1 is 1.33 bits per heavy atom. The van der Waals surface area contributed by atoms with Crippen molar-refractivity contribution in [3.63, 3.8) is 0 Å². The zero-order valence-electron chi connectivity index (χ0n) is 12.2. The van der Waals surface area contributed by atoms with Crippen molar-refractivity contribution in [3.05, 3.63) is 29.8 Å². The third kappa shape index (κ3) is 2.86. The topological polar surface area (TPSA) is 58.6 Å². The number of amides is 2. The summed E-state index contributed by atoms with van der Waals surface area (Å²) in [5, 5.41) is 2.66. The zero-order chi connectivity index (χ0) is 14.8. The van der Waals surface area contributed by atoms with Crippen LogP contribution in [0.3, 0.4) is 0 Å². The van der Waals surface area contributed by atoms with E-state index in [0.29, 0.717) is 19.6 Å². The largest absolute Gasteiger partial charge is 0.493 e. The van der Waals surface area contributed by atoms with Gasteiger partial charge in [0, 0.05) is 24.9 Å². The smallest absolute Gasteiger partial charge is 0.242 e. The van der Waals surface area contributed by atoms with Gasteiger partial charge in [-0.1, -0.05) is 18.2 Å². The van der Waals surface area contributed by atoms with Crippen molar-refractivity contribution in [1.82, 2.24) is 10.2 Å². The summed E-state index contributed by atoms with van der Waals surface area (Å²) in [7, 11) is 0. The predicted molar refractivity (Wildman–Crippen MR) is 78.1 cm³/mol. The van der Waals surface area contributed by atoms with E-state index in [9.17, 15) is 9.59 Å². The van der Waals surface area contributed by atoms with Crippen LogP contribution in [0.1, 0.15) is 31.2 Å². The minimum absolute atomic E-state index is 0.00248. The summed E-state index contributed by atoms with van der Waals surface area (Å²) in [6, 6.07) is 7.94. The monoisotopic (exact) mass is 288 g/mol. The summed E-state index contributed by atoms with van der Waals surface area (Å²) in [5.74, 6) is 1.13. The molecule has 0 spiro atoms. The second kappa shape index (κ2) is 5.76. The highest BCUT2D eigenvalue weighted by Gasteiger charge is 2.30. The van der Waals surface area contributed by atoms with Crippen LogP contribution in [0.25, 0.3) is 0 Å². The molecular weight excluding hydrogens is 268 g/mol. The normalized spacial score (nSPS) is 25.7. The van der Waals surface area contributed by atoms with Crippen molar-refractivity contribution < 1.29 is 14.3 Å². The second-order valence-corrected chi connectivity index (χ2v) is 5.75. The lowest BCUT2D eigenvalue weighted by molar-refractivity contribution is -0.131. The van der Waals surface area contributed by atoms with E-state index in [0.717, 1.165) is 17.7 Å². The van der Waals surface area contributed by atoms with Crippen molar-refractivity contribution in [3.8, 4) is 5.75 Å². The van der Waals surface area contributed by atoms with Crippen molar-refractivity contribution in [2.75, 3.05) is 19.7 Å². The molecular formula is C16H20N2O3. The lowest BCUT2D eigenvalue weighted by Gasteiger charge is -2.33. The maximum absolute atomic E-state index is 12.2. The van der Waals surface area contributed by atoms with Gasteiger partial charge in [0.25, 0.3) is 0 Å². The van der Waals surface area contributed by atoms with E-state index < -0.39 is 0 Å². The molecule has 1 saturated heterocycles. The molecule has 5 nitrogen and oxygen atoms in total. The van der Waals surface area contributed by atoms with Gasteiger partial charge in [-0.3, -0.25) is 9.59 Å². The fourth-order valence-corrected chi connectivity index (χ4v) is 3.10. The number of carbonyl (C=O) groups is 2. The fourth-order valence-electron chi connectivity index (χ4n) is 3.10. The Balaban J connectivity index is 1.80. The molecule has 3 rings (SSSR count). The molecule has 0 radical (unpaired) electrons. The molecule has 2 aliphatic rings. The van der Waals surface area contributed by atoms with Crippen LogP contribution in [-0.4, -0.2) is 42.5 Å². The van der Waals surface area contributed by atoms with E-state index in [2.05, 4.69) is 11.4 Å². The summed E-state index contributed by atoms with van der Waals surface area (Å²) in [5.41, 5.74) is 1.16. The molecule has 21 heavy (non-hydrogen) atoms. The minimum Gasteiger partial charge on any atom is -0.493 e. The molecule has 2 aliphatic heterocycles. The van der Waals surface area contributed by atoms with Crippen LogP contribution in [0.15, 0.2) is 24.3 Å². The molecule has 1 aromatic rings. The van der Waals surface area contributed by atoms with Gasteiger partial charge in [-0.2, -0.15) is 0 Å². The Labute approximate surface area is 124 Å². The Hall–Kier alpha value is -2.04. The van der Waals surface area contributed by atoms with Gasteiger partial charge in [0.1, 0.15) is 5.75 Å². The van der Waals surface area contributed by atoms with Crippen LogP contribution in [0.4, 0.5) is 0 Å². The Kier molecular flexibility index (Phi) is 3.82. The molecule has 2 amide bonds. The van der Waals surface area contributed by atoms with Gasteiger partial charge in [0.15, 0.2) is 0 Å². The van der Waals surface area contributed by atoms with Crippen molar-refractivity contribution in [1.29, 1.82) is 0 Å². The molecule has 0 bridgehead atoms. The van der Waals surface area contributed by atoms with Crippen LogP contribution < -0.4 is 10.1 Å². The highest BCUT2D eigenvalue weighted by Crippen LogP contribution is 2.34. The molecule has 1 aromatic carbocycles. The summed E-state index contributed by atoms with van der Waals surface area (Å²) >= 11 is 0. The second-order valence-electron chi connectivity index (χ2n) is 5.75. The molecule has 112 valence electrons. The van der Waals surface area contributed by atoms with Gasteiger partial charge >= 0.3 is 0 Å². The fraction of sp³-hybridized carbons (Fsp3) is 0.500.